The van der Waals surface area contributed by atoms with Gasteiger partial charge in [0.05, 0.1) is 35.7 Å². The van der Waals surface area contributed by atoms with E-state index in [9.17, 15) is 5.11 Å². The molecule has 1 N–H and O–H groups in total. The molecule has 160 valence electrons. The van der Waals surface area contributed by atoms with E-state index in [-0.39, 0.29) is 12.1 Å². The van der Waals surface area contributed by atoms with Crippen LogP contribution < -0.4 is 0 Å². The number of hydrogen-bond acceptors (Lipinski definition) is 5. The lowest BCUT2D eigenvalue weighted by Gasteiger charge is -2.36. The Kier molecular flexibility index (Phi) is 4.36. The number of aromatic nitrogens is 5. The number of aliphatic hydroxyl groups excluding tert-OH is 1. The summed E-state index contributed by atoms with van der Waals surface area (Å²) in [7, 11) is 0. The summed E-state index contributed by atoms with van der Waals surface area (Å²) in [5.74, 6) is 1.13. The Morgan fingerprint density at radius 1 is 1.10 bits per heavy atom. The number of fused-ring (bicyclic) bond motifs is 3. The molecule has 4 heterocycles. The average molecular weight is 417 g/mol. The minimum atomic E-state index is -0.331. The monoisotopic (exact) mass is 416 g/mol. The summed E-state index contributed by atoms with van der Waals surface area (Å²) in [6, 6.07) is 10.4. The second-order valence-electron chi connectivity index (χ2n) is 9.41. The number of rotatable bonds is 3. The highest BCUT2D eigenvalue weighted by Crippen LogP contribution is 2.42. The third kappa shape index (κ3) is 3.15. The number of aliphatic hydroxyl groups is 1. The van der Waals surface area contributed by atoms with Crippen LogP contribution in [0.25, 0.3) is 16.7 Å². The van der Waals surface area contributed by atoms with Crippen molar-refractivity contribution in [2.24, 2.45) is 11.8 Å². The third-order valence-corrected chi connectivity index (χ3v) is 7.27. The van der Waals surface area contributed by atoms with Gasteiger partial charge < -0.3 is 9.67 Å². The number of likely N-dealkylation sites (tertiary alicyclic amines) is 1. The number of hydrogen-bond donors (Lipinski definition) is 1. The normalized spacial score (nSPS) is 26.7. The van der Waals surface area contributed by atoms with E-state index in [0.717, 1.165) is 60.5 Å². The topological polar surface area (TPSA) is 71.5 Å². The van der Waals surface area contributed by atoms with E-state index < -0.39 is 0 Å². The van der Waals surface area contributed by atoms with Crippen LogP contribution in [0.15, 0.2) is 42.9 Å². The van der Waals surface area contributed by atoms with Gasteiger partial charge in [0.2, 0.25) is 0 Å². The van der Waals surface area contributed by atoms with E-state index in [4.69, 9.17) is 4.98 Å². The van der Waals surface area contributed by atoms with Crippen molar-refractivity contribution in [3.05, 3.63) is 59.8 Å². The smallest absolute Gasteiger partial charge is 0.159 e. The maximum atomic E-state index is 11.0. The summed E-state index contributed by atoms with van der Waals surface area (Å²) in [4.78, 5) is 11.8. The van der Waals surface area contributed by atoms with Crippen LogP contribution in [-0.4, -0.2) is 53.3 Å². The fraction of sp³-hybridized carbons (Fsp3) is 0.458. The Hall–Kier alpha value is -2.77. The second kappa shape index (κ2) is 7.14. The van der Waals surface area contributed by atoms with Crippen LogP contribution in [0, 0.1) is 25.7 Å². The van der Waals surface area contributed by atoms with Crippen molar-refractivity contribution in [2.75, 3.05) is 13.1 Å². The van der Waals surface area contributed by atoms with Crippen LogP contribution in [-0.2, 0) is 6.54 Å². The molecule has 1 aromatic carbocycles. The van der Waals surface area contributed by atoms with Gasteiger partial charge in [0.25, 0.3) is 0 Å². The zero-order chi connectivity index (χ0) is 21.1. The van der Waals surface area contributed by atoms with Gasteiger partial charge in [-0.05, 0) is 56.7 Å². The zero-order valence-corrected chi connectivity index (χ0v) is 18.0. The summed E-state index contributed by atoms with van der Waals surface area (Å²) in [5.41, 5.74) is 6.40. The molecule has 6 rings (SSSR count). The number of imidazole rings is 1. The molecular formula is C24H28N6O. The van der Waals surface area contributed by atoms with Gasteiger partial charge >= 0.3 is 0 Å². The van der Waals surface area contributed by atoms with Gasteiger partial charge in [-0.15, -0.1) is 0 Å². The molecule has 0 radical (unpaired) electrons. The summed E-state index contributed by atoms with van der Waals surface area (Å²) < 4.78 is 4.13. The molecule has 1 saturated carbocycles. The molecule has 0 unspecified atom stereocenters. The minimum Gasteiger partial charge on any atom is -0.391 e. The van der Waals surface area contributed by atoms with E-state index in [1.807, 2.05) is 42.2 Å². The van der Waals surface area contributed by atoms with Gasteiger partial charge in [-0.1, -0.05) is 12.1 Å². The van der Waals surface area contributed by atoms with Crippen molar-refractivity contribution in [3.8, 4) is 0 Å². The van der Waals surface area contributed by atoms with Crippen molar-refractivity contribution < 1.29 is 5.11 Å². The highest BCUT2D eigenvalue weighted by atomic mass is 16.3. The first kappa shape index (κ1) is 19.0. The lowest BCUT2D eigenvalue weighted by molar-refractivity contribution is 0.0374. The maximum absolute atomic E-state index is 11.0. The molecule has 0 bridgehead atoms. The SMILES string of the molecule is Cc1cc(C)n2ncc(CN3C[C@H]4C[C@@H](n5cnc6ccccc65)[C@H](O)C[C@H]4C3)c2n1. The van der Waals surface area contributed by atoms with Gasteiger partial charge in [0, 0.05) is 36.6 Å². The lowest BCUT2D eigenvalue weighted by atomic mass is 9.77. The molecule has 2 aliphatic rings. The molecule has 1 aliphatic heterocycles. The van der Waals surface area contributed by atoms with Crippen molar-refractivity contribution in [3.63, 3.8) is 0 Å². The predicted octanol–water partition coefficient (Wildman–Crippen LogP) is 3.14. The molecule has 1 aliphatic carbocycles. The molecule has 4 atom stereocenters. The fourth-order valence-corrected chi connectivity index (χ4v) is 5.84. The van der Waals surface area contributed by atoms with E-state index in [1.54, 1.807) is 0 Å². The highest BCUT2D eigenvalue weighted by Gasteiger charge is 2.42. The average Bonchev–Trinajstić information content (AvgIpc) is 3.44. The van der Waals surface area contributed by atoms with Gasteiger partial charge in [0.1, 0.15) is 0 Å². The van der Waals surface area contributed by atoms with Crippen LogP contribution >= 0.6 is 0 Å². The first-order chi connectivity index (χ1) is 15.1. The fourth-order valence-electron chi connectivity index (χ4n) is 5.84. The molecular weight excluding hydrogens is 388 g/mol. The highest BCUT2D eigenvalue weighted by molar-refractivity contribution is 5.75. The van der Waals surface area contributed by atoms with Crippen LogP contribution in [0.1, 0.15) is 35.8 Å². The third-order valence-electron chi connectivity index (χ3n) is 7.27. The molecule has 31 heavy (non-hydrogen) atoms. The lowest BCUT2D eigenvalue weighted by Crippen LogP contribution is -2.36. The molecule has 1 saturated heterocycles. The maximum Gasteiger partial charge on any atom is 0.159 e. The molecule has 0 amide bonds. The first-order valence-corrected chi connectivity index (χ1v) is 11.2. The Bertz CT molecular complexity index is 1260. The van der Waals surface area contributed by atoms with E-state index >= 15 is 0 Å². The Balaban J connectivity index is 1.22. The molecule has 4 aromatic rings. The van der Waals surface area contributed by atoms with Gasteiger partial charge in [-0.25, -0.2) is 14.5 Å². The largest absolute Gasteiger partial charge is 0.391 e. The standard InChI is InChI=1S/C24H28N6O/c1-15-7-16(2)30-24(27-15)19(10-26-30)13-28-11-17-8-22(23(31)9-18(17)12-28)29-14-25-20-5-3-4-6-21(20)29/h3-7,10,14,17-18,22-23,31H,8-9,11-13H2,1-2H3/t17-,18+,22-,23-/m1/s1. The van der Waals surface area contributed by atoms with Gasteiger partial charge in [-0.2, -0.15) is 5.10 Å². The zero-order valence-electron chi connectivity index (χ0n) is 18.0. The van der Waals surface area contributed by atoms with Crippen LogP contribution in [0.2, 0.25) is 0 Å². The number of aryl methyl sites for hydroxylation is 2. The minimum absolute atomic E-state index is 0.0949. The summed E-state index contributed by atoms with van der Waals surface area (Å²) in [6.45, 7) is 7.06. The van der Waals surface area contributed by atoms with E-state index in [1.165, 1.54) is 5.56 Å². The molecule has 2 fully saturated rings. The number of benzene rings is 1. The molecule has 0 spiro atoms. The van der Waals surface area contributed by atoms with Crippen molar-refractivity contribution >= 4 is 16.7 Å². The Morgan fingerprint density at radius 3 is 2.77 bits per heavy atom. The Labute approximate surface area is 181 Å². The molecule has 7 heteroatoms. The summed E-state index contributed by atoms with van der Waals surface area (Å²) in [5, 5.41) is 15.6. The molecule has 7 nitrogen and oxygen atoms in total. The predicted molar refractivity (Wildman–Crippen MR) is 119 cm³/mol. The quantitative estimate of drug-likeness (QED) is 0.556. The van der Waals surface area contributed by atoms with Crippen LogP contribution in [0.5, 0.6) is 0 Å². The molecule has 3 aromatic heterocycles. The number of para-hydroxylation sites is 2. The van der Waals surface area contributed by atoms with Gasteiger partial charge in [-0.3, -0.25) is 4.90 Å². The van der Waals surface area contributed by atoms with Crippen LogP contribution in [0.4, 0.5) is 0 Å². The summed E-state index contributed by atoms with van der Waals surface area (Å²) >= 11 is 0. The van der Waals surface area contributed by atoms with E-state index in [2.05, 4.69) is 38.6 Å². The van der Waals surface area contributed by atoms with E-state index in [0.29, 0.717) is 11.8 Å². The van der Waals surface area contributed by atoms with Crippen molar-refractivity contribution in [2.45, 2.75) is 45.4 Å². The van der Waals surface area contributed by atoms with Crippen molar-refractivity contribution in [1.29, 1.82) is 0 Å². The first-order valence-electron chi connectivity index (χ1n) is 11.2. The number of nitrogens with zero attached hydrogens (tertiary/aromatic N) is 6. The van der Waals surface area contributed by atoms with Gasteiger partial charge in [0.15, 0.2) is 5.65 Å². The Morgan fingerprint density at radius 2 is 1.90 bits per heavy atom. The van der Waals surface area contributed by atoms with Crippen LogP contribution in [0.3, 0.4) is 0 Å². The van der Waals surface area contributed by atoms with Crippen molar-refractivity contribution in [1.82, 2.24) is 29.0 Å². The summed E-state index contributed by atoms with van der Waals surface area (Å²) in [6.07, 6.45) is 5.38. The second-order valence-corrected chi connectivity index (χ2v) is 9.41.